The molecule has 1 atom stereocenters. The normalized spacial score (nSPS) is 21.4. The van der Waals surface area contributed by atoms with Crippen molar-refractivity contribution >= 4 is 11.6 Å². The van der Waals surface area contributed by atoms with Crippen molar-refractivity contribution < 1.29 is 9.18 Å². The molecule has 1 aliphatic rings. The molecule has 1 aromatic carbocycles. The number of halogens is 1. The van der Waals surface area contributed by atoms with Crippen molar-refractivity contribution in [1.29, 1.82) is 5.26 Å². The molecule has 0 aliphatic carbocycles. The van der Waals surface area contributed by atoms with Gasteiger partial charge in [-0.3, -0.25) is 4.79 Å². The maximum Gasteiger partial charge on any atom is 0.244 e. The van der Waals surface area contributed by atoms with Gasteiger partial charge in [0.15, 0.2) is 0 Å². The molecule has 1 saturated heterocycles. The number of hydrogen-bond donors (Lipinski definition) is 2. The van der Waals surface area contributed by atoms with Crippen molar-refractivity contribution in [2.24, 2.45) is 0 Å². The summed E-state index contributed by atoms with van der Waals surface area (Å²) < 4.78 is 13.5. The molecule has 1 aliphatic heterocycles. The van der Waals surface area contributed by atoms with Crippen LogP contribution in [0.25, 0.3) is 0 Å². The molecule has 1 heterocycles. The van der Waals surface area contributed by atoms with E-state index >= 15 is 0 Å². The Morgan fingerprint density at radius 2 is 2.40 bits per heavy atom. The molecule has 1 amide bonds. The van der Waals surface area contributed by atoms with E-state index in [2.05, 4.69) is 10.6 Å². The lowest BCUT2D eigenvalue weighted by atomic mass is 9.90. The van der Waals surface area contributed by atoms with Gasteiger partial charge in [-0.05, 0) is 37.9 Å². The minimum atomic E-state index is -0.616. The van der Waals surface area contributed by atoms with Crippen LogP contribution in [0.4, 0.5) is 10.1 Å². The SMILES string of the molecule is CCCC1(C(=O)Nc2cccc(F)c2C#N)CCCN1. The van der Waals surface area contributed by atoms with Crippen molar-refractivity contribution in [3.05, 3.63) is 29.6 Å². The number of benzene rings is 1. The zero-order valence-electron chi connectivity index (χ0n) is 11.5. The molecule has 0 saturated carbocycles. The molecule has 0 bridgehead atoms. The smallest absolute Gasteiger partial charge is 0.244 e. The summed E-state index contributed by atoms with van der Waals surface area (Å²) in [5.74, 6) is -0.798. The molecule has 20 heavy (non-hydrogen) atoms. The lowest BCUT2D eigenvalue weighted by Gasteiger charge is -2.28. The van der Waals surface area contributed by atoms with Gasteiger partial charge in [-0.2, -0.15) is 5.26 Å². The Hall–Kier alpha value is -1.93. The number of amides is 1. The summed E-state index contributed by atoms with van der Waals surface area (Å²) in [7, 11) is 0. The first kappa shape index (κ1) is 14.5. The van der Waals surface area contributed by atoms with Crippen LogP contribution < -0.4 is 10.6 Å². The molecule has 0 spiro atoms. The van der Waals surface area contributed by atoms with Crippen molar-refractivity contribution in [2.75, 3.05) is 11.9 Å². The van der Waals surface area contributed by atoms with Gasteiger partial charge in [-0.15, -0.1) is 0 Å². The minimum Gasteiger partial charge on any atom is -0.323 e. The number of anilines is 1. The van der Waals surface area contributed by atoms with Crippen LogP contribution in [0.15, 0.2) is 18.2 Å². The van der Waals surface area contributed by atoms with Crippen LogP contribution >= 0.6 is 0 Å². The molecule has 106 valence electrons. The molecule has 0 aromatic heterocycles. The Morgan fingerprint density at radius 3 is 3.00 bits per heavy atom. The Morgan fingerprint density at radius 1 is 1.60 bits per heavy atom. The van der Waals surface area contributed by atoms with Crippen molar-refractivity contribution in [1.82, 2.24) is 5.32 Å². The van der Waals surface area contributed by atoms with E-state index in [0.29, 0.717) is 0 Å². The molecule has 1 aromatic rings. The predicted octanol–water partition coefficient (Wildman–Crippen LogP) is 2.56. The first-order chi connectivity index (χ1) is 9.63. The summed E-state index contributed by atoms with van der Waals surface area (Å²) in [6.07, 6.45) is 3.33. The number of nitrogens with one attached hydrogen (secondary N) is 2. The zero-order chi connectivity index (χ0) is 14.6. The number of carbonyl (C=O) groups excluding carboxylic acids is 1. The summed E-state index contributed by atoms with van der Waals surface area (Å²) >= 11 is 0. The first-order valence-corrected chi connectivity index (χ1v) is 6.88. The largest absolute Gasteiger partial charge is 0.323 e. The maximum absolute atomic E-state index is 13.5. The van der Waals surface area contributed by atoms with Crippen molar-refractivity contribution in [2.45, 2.75) is 38.1 Å². The molecule has 4 nitrogen and oxygen atoms in total. The van der Waals surface area contributed by atoms with Crippen LogP contribution in [0.1, 0.15) is 38.2 Å². The summed E-state index contributed by atoms with van der Waals surface area (Å²) in [4.78, 5) is 12.5. The van der Waals surface area contributed by atoms with Gasteiger partial charge in [0.25, 0.3) is 0 Å². The second kappa shape index (κ2) is 6.02. The number of nitriles is 1. The molecule has 0 radical (unpaired) electrons. The minimum absolute atomic E-state index is 0.120. The van der Waals surface area contributed by atoms with Crippen LogP contribution in [0.2, 0.25) is 0 Å². The number of hydrogen-bond acceptors (Lipinski definition) is 3. The van der Waals surface area contributed by atoms with Gasteiger partial charge in [0.2, 0.25) is 5.91 Å². The Kier molecular flexibility index (Phi) is 4.35. The molecular formula is C15H18FN3O. The second-order valence-corrected chi connectivity index (χ2v) is 5.09. The topological polar surface area (TPSA) is 64.9 Å². The Balaban J connectivity index is 2.23. The third-order valence-corrected chi connectivity index (χ3v) is 3.73. The molecule has 1 unspecified atom stereocenters. The highest BCUT2D eigenvalue weighted by Crippen LogP contribution is 2.27. The Bertz CT molecular complexity index is 545. The highest BCUT2D eigenvalue weighted by atomic mass is 19.1. The standard InChI is InChI=1S/C15H18FN3O/c1-2-7-15(8-4-9-18-15)14(20)19-13-6-3-5-12(16)11(13)10-17/h3,5-6,18H,2,4,7-9H2,1H3,(H,19,20). The van der Waals surface area contributed by atoms with E-state index < -0.39 is 11.4 Å². The highest BCUT2D eigenvalue weighted by molar-refractivity contribution is 5.99. The second-order valence-electron chi connectivity index (χ2n) is 5.09. The fourth-order valence-corrected chi connectivity index (χ4v) is 2.74. The number of nitrogens with zero attached hydrogens (tertiary/aromatic N) is 1. The third kappa shape index (κ3) is 2.66. The Labute approximate surface area is 118 Å². The van der Waals surface area contributed by atoms with Gasteiger partial charge in [0, 0.05) is 0 Å². The fraction of sp³-hybridized carbons (Fsp3) is 0.467. The van der Waals surface area contributed by atoms with Crippen LogP contribution in [-0.2, 0) is 4.79 Å². The van der Waals surface area contributed by atoms with Crippen molar-refractivity contribution in [3.63, 3.8) is 0 Å². The molecule has 1 fully saturated rings. The average molecular weight is 275 g/mol. The van der Waals surface area contributed by atoms with Gasteiger partial charge in [-0.1, -0.05) is 19.4 Å². The summed E-state index contributed by atoms with van der Waals surface area (Å²) in [6, 6.07) is 6.04. The van der Waals surface area contributed by atoms with E-state index in [1.807, 2.05) is 6.92 Å². The van der Waals surface area contributed by atoms with Crippen LogP contribution in [0.3, 0.4) is 0 Å². The maximum atomic E-state index is 13.5. The van der Waals surface area contributed by atoms with Gasteiger partial charge < -0.3 is 10.6 Å². The predicted molar refractivity (Wildman–Crippen MR) is 74.6 cm³/mol. The number of carbonyl (C=O) groups is 1. The van der Waals surface area contributed by atoms with E-state index in [0.717, 1.165) is 32.2 Å². The average Bonchev–Trinajstić information content (AvgIpc) is 2.89. The van der Waals surface area contributed by atoms with Gasteiger partial charge in [-0.25, -0.2) is 4.39 Å². The van der Waals surface area contributed by atoms with E-state index in [-0.39, 0.29) is 17.2 Å². The van der Waals surface area contributed by atoms with Gasteiger partial charge in [0.05, 0.1) is 11.2 Å². The van der Waals surface area contributed by atoms with Crippen LogP contribution in [-0.4, -0.2) is 18.0 Å². The third-order valence-electron chi connectivity index (χ3n) is 3.73. The van der Waals surface area contributed by atoms with E-state index in [4.69, 9.17) is 5.26 Å². The molecule has 2 rings (SSSR count). The fourth-order valence-electron chi connectivity index (χ4n) is 2.74. The lowest BCUT2D eigenvalue weighted by molar-refractivity contribution is -0.122. The monoisotopic (exact) mass is 275 g/mol. The van der Waals surface area contributed by atoms with E-state index in [9.17, 15) is 9.18 Å². The summed E-state index contributed by atoms with van der Waals surface area (Å²) in [5, 5.41) is 14.9. The summed E-state index contributed by atoms with van der Waals surface area (Å²) in [6.45, 7) is 2.83. The lowest BCUT2D eigenvalue weighted by Crippen LogP contribution is -2.50. The molecular weight excluding hydrogens is 257 g/mol. The molecule has 5 heteroatoms. The highest BCUT2D eigenvalue weighted by Gasteiger charge is 2.40. The molecule has 2 N–H and O–H groups in total. The van der Waals surface area contributed by atoms with Crippen LogP contribution in [0.5, 0.6) is 0 Å². The first-order valence-electron chi connectivity index (χ1n) is 6.88. The van der Waals surface area contributed by atoms with Gasteiger partial charge >= 0.3 is 0 Å². The summed E-state index contributed by atoms with van der Waals surface area (Å²) in [5.41, 5.74) is -0.472. The quantitative estimate of drug-likeness (QED) is 0.887. The number of rotatable bonds is 4. The van der Waals surface area contributed by atoms with E-state index in [1.165, 1.54) is 12.1 Å². The van der Waals surface area contributed by atoms with E-state index in [1.54, 1.807) is 12.1 Å². The zero-order valence-corrected chi connectivity index (χ0v) is 11.5. The van der Waals surface area contributed by atoms with Gasteiger partial charge in [0.1, 0.15) is 17.4 Å². The van der Waals surface area contributed by atoms with Crippen molar-refractivity contribution in [3.8, 4) is 6.07 Å². The van der Waals surface area contributed by atoms with Crippen LogP contribution in [0, 0.1) is 17.1 Å².